The molecule has 0 fully saturated rings. The normalized spacial score (nSPS) is 14.2. The molecule has 0 radical (unpaired) electrons. The Bertz CT molecular complexity index is 1590. The van der Waals surface area contributed by atoms with Crippen LogP contribution in [0, 0.1) is 0 Å². The molecule has 38 heavy (non-hydrogen) atoms. The summed E-state index contributed by atoms with van der Waals surface area (Å²) in [7, 11) is 1.50. The molecule has 5 rings (SSSR count). The van der Waals surface area contributed by atoms with Crippen LogP contribution in [0.5, 0.6) is 0 Å². The first-order valence-corrected chi connectivity index (χ1v) is 12.6. The molecule has 3 N–H and O–H groups in total. The van der Waals surface area contributed by atoms with Crippen molar-refractivity contribution in [2.75, 3.05) is 17.3 Å². The van der Waals surface area contributed by atoms with E-state index in [0.29, 0.717) is 59.0 Å². The minimum Gasteiger partial charge on any atom is -0.465 e. The first-order valence-electron chi connectivity index (χ1n) is 12.2. The fourth-order valence-electron chi connectivity index (χ4n) is 5.00. The number of H-pyrrole nitrogens is 1. The van der Waals surface area contributed by atoms with Gasteiger partial charge in [-0.1, -0.05) is 30.7 Å². The van der Waals surface area contributed by atoms with Gasteiger partial charge in [-0.05, 0) is 66.8 Å². The monoisotopic (exact) mass is 531 g/mol. The molecule has 0 spiro atoms. The molecule has 0 saturated heterocycles. The molecule has 2 aromatic heterocycles. The third kappa shape index (κ3) is 4.56. The first kappa shape index (κ1) is 25.3. The molecule has 2 aromatic carbocycles. The van der Waals surface area contributed by atoms with Gasteiger partial charge in [0.05, 0.1) is 17.4 Å². The summed E-state index contributed by atoms with van der Waals surface area (Å²) < 4.78 is 1.77. The second kappa shape index (κ2) is 10.2. The molecule has 0 saturated carbocycles. The maximum atomic E-state index is 13.4. The topological polar surface area (TPSA) is 120 Å². The Morgan fingerprint density at radius 3 is 2.66 bits per heavy atom. The van der Waals surface area contributed by atoms with Gasteiger partial charge in [-0.25, -0.2) is 9.78 Å². The number of carbonyl (C=O) groups excluding carboxylic acids is 1. The number of hydrogen-bond donors (Lipinski definition) is 3. The maximum absolute atomic E-state index is 13.4. The smallest absolute Gasteiger partial charge is 0.411 e. The molecule has 0 bridgehead atoms. The van der Waals surface area contributed by atoms with Gasteiger partial charge in [0.2, 0.25) is 6.41 Å². The number of carboxylic acid groups (broad SMARTS) is 1. The average Bonchev–Trinajstić information content (AvgIpc) is 3.54. The van der Waals surface area contributed by atoms with Gasteiger partial charge in [0.1, 0.15) is 5.82 Å². The van der Waals surface area contributed by atoms with Gasteiger partial charge in [0.25, 0.3) is 5.56 Å². The van der Waals surface area contributed by atoms with Crippen molar-refractivity contribution in [3.63, 3.8) is 0 Å². The van der Waals surface area contributed by atoms with E-state index in [-0.39, 0.29) is 11.6 Å². The van der Waals surface area contributed by atoms with E-state index in [0.717, 1.165) is 27.5 Å². The highest BCUT2D eigenvalue weighted by molar-refractivity contribution is 6.31. The van der Waals surface area contributed by atoms with Crippen LogP contribution in [0.2, 0.25) is 5.02 Å². The van der Waals surface area contributed by atoms with Crippen molar-refractivity contribution in [2.45, 2.75) is 32.2 Å². The number of carbonyl (C=O) groups is 2. The number of anilines is 2. The molecule has 194 valence electrons. The number of rotatable bonds is 7. The molecule has 4 aromatic rings. The van der Waals surface area contributed by atoms with E-state index in [2.05, 4.69) is 10.3 Å². The van der Waals surface area contributed by atoms with Crippen LogP contribution in [0.15, 0.2) is 59.4 Å². The van der Waals surface area contributed by atoms with Crippen LogP contribution in [0.25, 0.3) is 22.4 Å². The summed E-state index contributed by atoms with van der Waals surface area (Å²) in [5.41, 5.74) is 5.86. The lowest BCUT2D eigenvalue weighted by molar-refractivity contribution is -0.105. The zero-order valence-electron chi connectivity index (χ0n) is 20.9. The van der Waals surface area contributed by atoms with Crippen molar-refractivity contribution in [3.05, 3.63) is 87.2 Å². The largest absolute Gasteiger partial charge is 0.465 e. The molecular formula is C28H26ClN5O4. The number of benzene rings is 2. The number of imidazole rings is 1. The summed E-state index contributed by atoms with van der Waals surface area (Å²) in [6.07, 6.45) is 1.67. The summed E-state index contributed by atoms with van der Waals surface area (Å²) in [5, 5.41) is 12.4. The third-order valence-corrected chi connectivity index (χ3v) is 7.15. The predicted octanol–water partition coefficient (Wildman–Crippen LogP) is 5.34. The van der Waals surface area contributed by atoms with E-state index in [9.17, 15) is 19.5 Å². The lowest BCUT2D eigenvalue weighted by atomic mass is 10.0. The van der Waals surface area contributed by atoms with Gasteiger partial charge < -0.3 is 20.0 Å². The molecule has 10 heteroatoms. The number of hydrogen-bond acceptors (Lipinski definition) is 4. The minimum absolute atomic E-state index is 0.158. The highest BCUT2D eigenvalue weighted by Crippen LogP contribution is 2.36. The van der Waals surface area contributed by atoms with Gasteiger partial charge in [-0.3, -0.25) is 14.5 Å². The summed E-state index contributed by atoms with van der Waals surface area (Å²) in [6, 6.07) is 15.6. The van der Waals surface area contributed by atoms with E-state index in [1.165, 1.54) is 7.05 Å². The highest BCUT2D eigenvalue weighted by atomic mass is 35.5. The molecule has 3 heterocycles. The van der Waals surface area contributed by atoms with Crippen molar-refractivity contribution in [1.29, 1.82) is 0 Å². The second-order valence-electron chi connectivity index (χ2n) is 9.14. The number of halogens is 1. The van der Waals surface area contributed by atoms with E-state index >= 15 is 0 Å². The molecule has 1 unspecified atom stereocenters. The molecule has 1 aliphatic heterocycles. The average molecular weight is 532 g/mol. The first-order chi connectivity index (χ1) is 18.3. The summed E-state index contributed by atoms with van der Waals surface area (Å²) in [6.45, 7) is 2.02. The van der Waals surface area contributed by atoms with E-state index in [1.54, 1.807) is 41.0 Å². The number of aryl methyl sites for hydroxylation is 2. The summed E-state index contributed by atoms with van der Waals surface area (Å²) >= 11 is 6.21. The Hall–Kier alpha value is -4.37. The number of nitrogens with zero attached hydrogens (tertiary/aromatic N) is 3. The van der Waals surface area contributed by atoms with Gasteiger partial charge in [-0.15, -0.1) is 0 Å². The summed E-state index contributed by atoms with van der Waals surface area (Å²) in [4.78, 5) is 45.2. The fourth-order valence-corrected chi connectivity index (χ4v) is 5.17. The van der Waals surface area contributed by atoms with Crippen molar-refractivity contribution < 1.29 is 14.7 Å². The number of nitrogens with one attached hydrogen (secondary N) is 2. The Morgan fingerprint density at radius 1 is 1.21 bits per heavy atom. The van der Waals surface area contributed by atoms with E-state index in [1.807, 2.05) is 25.1 Å². The number of aromatic amines is 1. The van der Waals surface area contributed by atoms with Crippen LogP contribution >= 0.6 is 11.6 Å². The van der Waals surface area contributed by atoms with Gasteiger partial charge >= 0.3 is 6.09 Å². The molecule has 2 amide bonds. The second-order valence-corrected chi connectivity index (χ2v) is 9.57. The third-order valence-electron chi connectivity index (χ3n) is 6.92. The number of fused-ring (bicyclic) bond motifs is 1. The van der Waals surface area contributed by atoms with Gasteiger partial charge in [0, 0.05) is 40.8 Å². The number of amides is 2. The van der Waals surface area contributed by atoms with E-state index < -0.39 is 6.09 Å². The predicted molar refractivity (Wildman–Crippen MR) is 147 cm³/mol. The van der Waals surface area contributed by atoms with Crippen LogP contribution in [0.3, 0.4) is 0 Å². The van der Waals surface area contributed by atoms with Crippen LogP contribution in [-0.2, 0) is 17.6 Å². The Labute approximate surface area is 223 Å². The maximum Gasteiger partial charge on any atom is 0.411 e. The summed E-state index contributed by atoms with van der Waals surface area (Å²) in [5.74, 6) is 0.711. The zero-order chi connectivity index (χ0) is 27.0. The van der Waals surface area contributed by atoms with Crippen molar-refractivity contribution in [1.82, 2.24) is 14.5 Å². The Balaban J connectivity index is 1.50. The lowest BCUT2D eigenvalue weighted by Crippen LogP contribution is -2.24. The van der Waals surface area contributed by atoms with Gasteiger partial charge in [-0.2, -0.15) is 0 Å². The fraction of sp³-hybridized carbons (Fsp3) is 0.214. The van der Waals surface area contributed by atoms with Crippen LogP contribution < -0.4 is 15.8 Å². The number of pyridine rings is 1. The van der Waals surface area contributed by atoms with Crippen molar-refractivity contribution in [2.24, 2.45) is 0 Å². The van der Waals surface area contributed by atoms with Gasteiger partial charge in [0.15, 0.2) is 0 Å². The highest BCUT2D eigenvalue weighted by Gasteiger charge is 2.29. The molecule has 1 aliphatic rings. The van der Waals surface area contributed by atoms with Crippen LogP contribution in [0.1, 0.15) is 36.6 Å². The quantitative estimate of drug-likeness (QED) is 0.278. The standard InChI is InChI=1S/C28H26ClN5O4/c1-3-22-26(16-4-7-19(8-5-16)33(2)28(37)38)32-27(31-22)24-11-9-20-12-17(13-25(36)34(20)24)21-14-18(29)6-10-23(21)30-15-35/h4-8,10,12-15,24H,3,9,11H2,1-2H3,(H,30,35)(H,31,32)(H,37,38). The van der Waals surface area contributed by atoms with Crippen molar-refractivity contribution >= 4 is 35.5 Å². The zero-order valence-corrected chi connectivity index (χ0v) is 21.6. The Kier molecular flexibility index (Phi) is 6.77. The lowest BCUT2D eigenvalue weighted by Gasteiger charge is -2.15. The van der Waals surface area contributed by atoms with Crippen LogP contribution in [-0.4, -0.2) is 39.2 Å². The molecule has 0 aliphatic carbocycles. The van der Waals surface area contributed by atoms with Crippen LogP contribution in [0.4, 0.5) is 16.2 Å². The molecule has 9 nitrogen and oxygen atoms in total. The molecular weight excluding hydrogens is 506 g/mol. The minimum atomic E-state index is -1.03. The number of aromatic nitrogens is 3. The van der Waals surface area contributed by atoms with E-state index in [4.69, 9.17) is 16.6 Å². The van der Waals surface area contributed by atoms with Crippen molar-refractivity contribution in [3.8, 4) is 22.4 Å². The SMILES string of the molecule is CCc1nc(C2CCc3cc(-c4cc(Cl)ccc4NC=O)cc(=O)n32)[nH]c1-c1ccc(N(C)C(=O)O)cc1. The Morgan fingerprint density at radius 2 is 1.97 bits per heavy atom. The molecule has 1 atom stereocenters.